The van der Waals surface area contributed by atoms with Crippen LogP contribution in [-0.4, -0.2) is 21.2 Å². The molecule has 0 spiro atoms. The number of aromatic nitrogens is 1. The zero-order chi connectivity index (χ0) is 15.0. The monoisotopic (exact) mass is 303 g/mol. The Bertz CT molecular complexity index is 810. The summed E-state index contributed by atoms with van der Waals surface area (Å²) in [7, 11) is 0. The minimum atomic E-state index is -1.58. The molecule has 3 rings (SSSR count). The highest BCUT2D eigenvalue weighted by Crippen LogP contribution is 2.27. The van der Waals surface area contributed by atoms with Crippen LogP contribution < -0.4 is 0 Å². The largest absolute Gasteiger partial charge is 0.479 e. The van der Waals surface area contributed by atoms with Gasteiger partial charge in [0.05, 0.1) is 0 Å². The van der Waals surface area contributed by atoms with E-state index in [9.17, 15) is 9.90 Å². The molecule has 0 aliphatic rings. The Balaban J connectivity index is 2.04. The van der Waals surface area contributed by atoms with Crippen LogP contribution in [0.5, 0.6) is 0 Å². The topological polar surface area (TPSA) is 83.6 Å². The summed E-state index contributed by atoms with van der Waals surface area (Å²) in [4.78, 5) is 15.1. The smallest absolute Gasteiger partial charge is 0.337 e. The van der Waals surface area contributed by atoms with Crippen LogP contribution in [-0.2, 0) is 4.79 Å². The molecule has 0 amide bonds. The summed E-state index contributed by atoms with van der Waals surface area (Å²) in [5, 5.41) is 19.0. The van der Waals surface area contributed by atoms with E-state index in [1.54, 1.807) is 30.3 Å². The van der Waals surface area contributed by atoms with Crippen LogP contribution in [0.1, 0.15) is 11.7 Å². The summed E-state index contributed by atoms with van der Waals surface area (Å²) in [5.41, 5.74) is 2.01. The van der Waals surface area contributed by atoms with Crippen LogP contribution >= 0.6 is 11.6 Å². The highest BCUT2D eigenvalue weighted by atomic mass is 35.5. The lowest BCUT2D eigenvalue weighted by atomic mass is 10.1. The van der Waals surface area contributed by atoms with Gasteiger partial charge in [0.25, 0.3) is 0 Å². The van der Waals surface area contributed by atoms with Crippen molar-refractivity contribution in [2.75, 3.05) is 0 Å². The third kappa shape index (κ3) is 2.61. The van der Waals surface area contributed by atoms with Crippen molar-refractivity contribution in [1.29, 1.82) is 0 Å². The number of fused-ring (bicyclic) bond motifs is 1. The van der Waals surface area contributed by atoms with Crippen molar-refractivity contribution in [3.8, 4) is 11.5 Å². The summed E-state index contributed by atoms with van der Waals surface area (Å²) in [6, 6.07) is 11.6. The van der Waals surface area contributed by atoms with Gasteiger partial charge in [0, 0.05) is 10.6 Å². The Morgan fingerprint density at radius 3 is 2.57 bits per heavy atom. The van der Waals surface area contributed by atoms with Crippen LogP contribution in [0.2, 0.25) is 5.02 Å². The first-order valence-corrected chi connectivity index (χ1v) is 6.50. The first-order valence-electron chi connectivity index (χ1n) is 6.12. The Morgan fingerprint density at radius 1 is 1.19 bits per heavy atom. The van der Waals surface area contributed by atoms with Crippen molar-refractivity contribution in [3.63, 3.8) is 0 Å². The third-order valence-corrected chi connectivity index (χ3v) is 3.30. The number of aliphatic carboxylic acids is 1. The minimum Gasteiger partial charge on any atom is -0.479 e. The van der Waals surface area contributed by atoms with E-state index in [-0.39, 0.29) is 5.56 Å². The van der Waals surface area contributed by atoms with Crippen molar-refractivity contribution in [1.82, 2.24) is 4.98 Å². The van der Waals surface area contributed by atoms with Crippen molar-refractivity contribution < 1.29 is 19.4 Å². The van der Waals surface area contributed by atoms with Gasteiger partial charge in [-0.05, 0) is 42.0 Å². The third-order valence-electron chi connectivity index (χ3n) is 3.05. The first kappa shape index (κ1) is 13.6. The molecule has 6 heteroatoms. The molecule has 1 heterocycles. The van der Waals surface area contributed by atoms with Crippen molar-refractivity contribution >= 4 is 28.7 Å². The summed E-state index contributed by atoms with van der Waals surface area (Å²) in [5.74, 6) is -0.903. The summed E-state index contributed by atoms with van der Waals surface area (Å²) in [6.45, 7) is 0. The van der Waals surface area contributed by atoms with Crippen LogP contribution in [0.15, 0.2) is 46.9 Å². The number of aliphatic hydroxyl groups is 1. The molecular formula is C15H10ClNO4. The fraction of sp³-hybridized carbons (Fsp3) is 0.0667. The second-order valence-electron chi connectivity index (χ2n) is 4.49. The normalized spacial score (nSPS) is 12.5. The zero-order valence-electron chi connectivity index (χ0n) is 10.7. The number of nitrogens with zero attached hydrogens (tertiary/aromatic N) is 1. The second kappa shape index (κ2) is 5.20. The van der Waals surface area contributed by atoms with Gasteiger partial charge in [-0.1, -0.05) is 17.7 Å². The molecule has 0 aliphatic carbocycles. The fourth-order valence-corrected chi connectivity index (χ4v) is 2.10. The Morgan fingerprint density at radius 2 is 1.90 bits per heavy atom. The number of carbonyl (C=O) groups is 1. The SMILES string of the molecule is O=C(O)C(O)c1ccc2oc(-c3ccc(Cl)cc3)nc2c1. The zero-order valence-corrected chi connectivity index (χ0v) is 11.4. The van der Waals surface area contributed by atoms with E-state index < -0.39 is 12.1 Å². The summed E-state index contributed by atoms with van der Waals surface area (Å²) >= 11 is 5.83. The molecule has 0 saturated carbocycles. The maximum Gasteiger partial charge on any atom is 0.337 e. The standard InChI is InChI=1S/C15H10ClNO4/c16-10-4-1-8(2-5-10)14-17-11-7-9(13(18)15(19)20)3-6-12(11)21-14/h1-7,13,18H,(H,19,20). The van der Waals surface area contributed by atoms with Crippen LogP contribution in [0.25, 0.3) is 22.6 Å². The van der Waals surface area contributed by atoms with E-state index in [2.05, 4.69) is 4.98 Å². The van der Waals surface area contributed by atoms with E-state index in [4.69, 9.17) is 21.1 Å². The number of rotatable bonds is 3. The summed E-state index contributed by atoms with van der Waals surface area (Å²) in [6.07, 6.45) is -1.58. The van der Waals surface area contributed by atoms with Crippen molar-refractivity contribution in [2.45, 2.75) is 6.10 Å². The number of hydrogen-bond donors (Lipinski definition) is 2. The molecule has 2 N–H and O–H groups in total. The van der Waals surface area contributed by atoms with Gasteiger partial charge in [0.2, 0.25) is 5.89 Å². The molecule has 0 fully saturated rings. The fourth-order valence-electron chi connectivity index (χ4n) is 1.97. The molecule has 2 aromatic carbocycles. The molecule has 1 unspecified atom stereocenters. The number of carboxylic acid groups (broad SMARTS) is 1. The molecule has 5 nitrogen and oxygen atoms in total. The molecule has 21 heavy (non-hydrogen) atoms. The Labute approximate surface area is 124 Å². The molecule has 1 atom stereocenters. The lowest BCUT2D eigenvalue weighted by Gasteiger charge is -2.03. The van der Waals surface area contributed by atoms with Gasteiger partial charge < -0.3 is 14.6 Å². The highest BCUT2D eigenvalue weighted by molar-refractivity contribution is 6.30. The number of halogens is 1. The molecule has 0 radical (unpaired) electrons. The second-order valence-corrected chi connectivity index (χ2v) is 4.93. The highest BCUT2D eigenvalue weighted by Gasteiger charge is 2.17. The molecule has 106 valence electrons. The van der Waals surface area contributed by atoms with Crippen molar-refractivity contribution in [3.05, 3.63) is 53.1 Å². The average molecular weight is 304 g/mol. The lowest BCUT2D eigenvalue weighted by molar-refractivity contribution is -0.146. The van der Waals surface area contributed by atoms with E-state index in [0.29, 0.717) is 22.0 Å². The van der Waals surface area contributed by atoms with Gasteiger partial charge in [-0.3, -0.25) is 0 Å². The molecule has 1 aromatic heterocycles. The van der Waals surface area contributed by atoms with E-state index >= 15 is 0 Å². The molecule has 0 bridgehead atoms. The molecular weight excluding hydrogens is 294 g/mol. The van der Waals surface area contributed by atoms with E-state index in [1.165, 1.54) is 12.1 Å². The first-order chi connectivity index (χ1) is 10.0. The predicted molar refractivity (Wildman–Crippen MR) is 77.1 cm³/mol. The van der Waals surface area contributed by atoms with Gasteiger partial charge in [0.15, 0.2) is 11.7 Å². The molecule has 3 aromatic rings. The van der Waals surface area contributed by atoms with Gasteiger partial charge in [0.1, 0.15) is 5.52 Å². The van der Waals surface area contributed by atoms with E-state index in [0.717, 1.165) is 5.56 Å². The summed E-state index contributed by atoms with van der Waals surface area (Å²) < 4.78 is 5.61. The minimum absolute atomic E-state index is 0.256. The van der Waals surface area contributed by atoms with Gasteiger partial charge in [-0.15, -0.1) is 0 Å². The van der Waals surface area contributed by atoms with Gasteiger partial charge in [-0.2, -0.15) is 0 Å². The van der Waals surface area contributed by atoms with Crippen LogP contribution in [0, 0.1) is 0 Å². The van der Waals surface area contributed by atoms with Crippen LogP contribution in [0.4, 0.5) is 0 Å². The van der Waals surface area contributed by atoms with Crippen LogP contribution in [0.3, 0.4) is 0 Å². The van der Waals surface area contributed by atoms with Gasteiger partial charge in [-0.25, -0.2) is 9.78 Å². The maximum atomic E-state index is 10.8. The van der Waals surface area contributed by atoms with Gasteiger partial charge >= 0.3 is 5.97 Å². The average Bonchev–Trinajstić information content (AvgIpc) is 2.89. The molecule has 0 saturated heterocycles. The quantitative estimate of drug-likeness (QED) is 0.776. The maximum absolute atomic E-state index is 10.8. The number of hydrogen-bond acceptors (Lipinski definition) is 4. The number of oxazole rings is 1. The lowest BCUT2D eigenvalue weighted by Crippen LogP contribution is -2.10. The predicted octanol–water partition coefficient (Wildman–Crippen LogP) is 3.27. The Kier molecular flexibility index (Phi) is 3.37. The number of carboxylic acids is 1. The number of benzene rings is 2. The Hall–Kier alpha value is -2.37. The molecule has 0 aliphatic heterocycles. The van der Waals surface area contributed by atoms with E-state index in [1.807, 2.05) is 0 Å². The van der Waals surface area contributed by atoms with Crippen molar-refractivity contribution in [2.24, 2.45) is 0 Å². The number of aliphatic hydroxyl groups excluding tert-OH is 1.